The lowest BCUT2D eigenvalue weighted by atomic mass is 9.80. The molecule has 0 aliphatic carbocycles. The molecule has 2 heterocycles. The summed E-state index contributed by atoms with van der Waals surface area (Å²) in [6, 6.07) is 6.25. The minimum atomic E-state index is 0.0817. The fourth-order valence-electron chi connectivity index (χ4n) is 3.45. The summed E-state index contributed by atoms with van der Waals surface area (Å²) >= 11 is 8.22. The smallest absolute Gasteiger partial charge is 0.110 e. The van der Waals surface area contributed by atoms with Crippen LogP contribution in [-0.2, 0) is 0 Å². The summed E-state index contributed by atoms with van der Waals surface area (Å²) in [6.45, 7) is 8.82. The summed E-state index contributed by atoms with van der Waals surface area (Å²) < 4.78 is 0. The lowest BCUT2D eigenvalue weighted by Gasteiger charge is -2.39. The highest BCUT2D eigenvalue weighted by atomic mass is 35.5. The molecule has 0 saturated carbocycles. The van der Waals surface area contributed by atoms with Crippen LogP contribution >= 0.6 is 22.9 Å². The number of rotatable bonds is 1. The molecule has 1 atom stereocenters. The molecular formula is C18H19ClN2S. The van der Waals surface area contributed by atoms with Crippen molar-refractivity contribution in [2.45, 2.75) is 45.6 Å². The number of nitrogens with one attached hydrogen (secondary N) is 1. The van der Waals surface area contributed by atoms with Gasteiger partial charge in [0.1, 0.15) is 10.9 Å². The largest absolute Gasteiger partial charge is 0.380 e. The maximum absolute atomic E-state index is 9.03. The van der Waals surface area contributed by atoms with Gasteiger partial charge in [0.25, 0.3) is 0 Å². The zero-order chi connectivity index (χ0) is 16.1. The quantitative estimate of drug-likeness (QED) is 0.701. The van der Waals surface area contributed by atoms with Crippen molar-refractivity contribution in [3.8, 4) is 17.2 Å². The van der Waals surface area contributed by atoms with Crippen molar-refractivity contribution in [2.24, 2.45) is 0 Å². The fourth-order valence-corrected chi connectivity index (χ4v) is 4.59. The van der Waals surface area contributed by atoms with Gasteiger partial charge in [0, 0.05) is 16.8 Å². The van der Waals surface area contributed by atoms with E-state index in [1.165, 1.54) is 28.2 Å². The van der Waals surface area contributed by atoms with E-state index in [2.05, 4.69) is 45.1 Å². The minimum absolute atomic E-state index is 0.0817. The molecule has 3 rings (SSSR count). The van der Waals surface area contributed by atoms with Crippen LogP contribution in [-0.4, -0.2) is 5.54 Å². The standard InChI is InChI=1S/C18H19ClN2S/c1-10-5-14(12-6-13(8-20)22-9-12)16(19)15-11(2)7-18(3,4)21-17(10)15/h5-6,9,11,21H,7H2,1-4H3. The lowest BCUT2D eigenvalue weighted by molar-refractivity contribution is 0.454. The van der Waals surface area contributed by atoms with Gasteiger partial charge in [0.2, 0.25) is 0 Å². The van der Waals surface area contributed by atoms with E-state index >= 15 is 0 Å². The van der Waals surface area contributed by atoms with E-state index in [9.17, 15) is 0 Å². The van der Waals surface area contributed by atoms with Gasteiger partial charge in [-0.25, -0.2) is 0 Å². The second-order valence-corrected chi connectivity index (χ2v) is 8.06. The Hall–Kier alpha value is -1.50. The van der Waals surface area contributed by atoms with Gasteiger partial charge in [0.15, 0.2) is 0 Å². The van der Waals surface area contributed by atoms with Crippen LogP contribution in [0.15, 0.2) is 17.5 Å². The van der Waals surface area contributed by atoms with Crippen molar-refractivity contribution in [1.82, 2.24) is 0 Å². The predicted octanol–water partition coefficient (Wildman–Crippen LogP) is 5.95. The number of aryl methyl sites for hydroxylation is 1. The number of thiophene rings is 1. The third kappa shape index (κ3) is 2.51. The third-order valence-electron chi connectivity index (χ3n) is 4.29. The molecule has 1 aromatic heterocycles. The van der Waals surface area contributed by atoms with Crippen LogP contribution in [0.3, 0.4) is 0 Å². The number of halogens is 1. The van der Waals surface area contributed by atoms with Crippen LogP contribution in [0.5, 0.6) is 0 Å². The normalized spacial score (nSPS) is 19.2. The number of nitrogens with zero attached hydrogens (tertiary/aromatic N) is 1. The summed E-state index contributed by atoms with van der Waals surface area (Å²) in [4.78, 5) is 0.716. The Morgan fingerprint density at radius 3 is 2.77 bits per heavy atom. The molecular weight excluding hydrogens is 312 g/mol. The molecule has 0 amide bonds. The Kier molecular flexibility index (Phi) is 3.71. The molecule has 1 aliphatic rings. The molecule has 114 valence electrons. The summed E-state index contributed by atoms with van der Waals surface area (Å²) in [6.07, 6.45) is 1.05. The van der Waals surface area contributed by atoms with Gasteiger partial charge >= 0.3 is 0 Å². The SMILES string of the molecule is Cc1cc(-c2csc(C#N)c2)c(Cl)c2c1NC(C)(C)CC2C. The van der Waals surface area contributed by atoms with Crippen molar-refractivity contribution >= 4 is 28.6 Å². The van der Waals surface area contributed by atoms with Crippen molar-refractivity contribution in [3.63, 3.8) is 0 Å². The molecule has 2 nitrogen and oxygen atoms in total. The number of benzene rings is 1. The van der Waals surface area contributed by atoms with Gasteiger partial charge in [-0.3, -0.25) is 0 Å². The van der Waals surface area contributed by atoms with Crippen LogP contribution < -0.4 is 5.32 Å². The summed E-state index contributed by atoms with van der Waals surface area (Å²) in [5.41, 5.74) is 5.74. The molecule has 4 heteroatoms. The Morgan fingerprint density at radius 1 is 1.41 bits per heavy atom. The molecule has 2 aromatic rings. The highest BCUT2D eigenvalue weighted by molar-refractivity contribution is 7.10. The summed E-state index contributed by atoms with van der Waals surface area (Å²) in [5.74, 6) is 0.409. The van der Waals surface area contributed by atoms with E-state index in [0.717, 1.165) is 22.6 Å². The average molecular weight is 331 g/mol. The second kappa shape index (κ2) is 5.30. The molecule has 0 fully saturated rings. The number of anilines is 1. The minimum Gasteiger partial charge on any atom is -0.380 e. The Balaban J connectivity index is 2.19. The van der Waals surface area contributed by atoms with E-state index in [0.29, 0.717) is 10.8 Å². The van der Waals surface area contributed by atoms with E-state index in [-0.39, 0.29) is 5.54 Å². The first kappa shape index (κ1) is 15.4. The van der Waals surface area contributed by atoms with Crippen molar-refractivity contribution < 1.29 is 0 Å². The molecule has 0 radical (unpaired) electrons. The highest BCUT2D eigenvalue weighted by Crippen LogP contribution is 2.47. The molecule has 1 aromatic carbocycles. The number of fused-ring (bicyclic) bond motifs is 1. The maximum atomic E-state index is 9.03. The zero-order valence-corrected chi connectivity index (χ0v) is 14.8. The molecule has 1 unspecified atom stereocenters. The van der Waals surface area contributed by atoms with E-state index in [4.69, 9.17) is 16.9 Å². The Bertz CT molecular complexity index is 783. The molecule has 0 spiro atoms. The van der Waals surface area contributed by atoms with E-state index < -0.39 is 0 Å². The molecule has 1 N–H and O–H groups in total. The van der Waals surface area contributed by atoms with Gasteiger partial charge in [-0.15, -0.1) is 11.3 Å². The Labute approximate surface area is 140 Å². The fraction of sp³-hybridized carbons (Fsp3) is 0.389. The first-order valence-electron chi connectivity index (χ1n) is 7.42. The van der Waals surface area contributed by atoms with Gasteiger partial charge < -0.3 is 5.32 Å². The van der Waals surface area contributed by atoms with Gasteiger partial charge in [-0.1, -0.05) is 18.5 Å². The monoisotopic (exact) mass is 330 g/mol. The van der Waals surface area contributed by atoms with Crippen LogP contribution in [0, 0.1) is 18.3 Å². The van der Waals surface area contributed by atoms with Crippen LogP contribution in [0.25, 0.3) is 11.1 Å². The van der Waals surface area contributed by atoms with E-state index in [1.54, 1.807) is 0 Å². The Morgan fingerprint density at radius 2 is 2.14 bits per heavy atom. The van der Waals surface area contributed by atoms with Crippen LogP contribution in [0.1, 0.15) is 49.1 Å². The molecule has 22 heavy (non-hydrogen) atoms. The van der Waals surface area contributed by atoms with Crippen molar-refractivity contribution in [1.29, 1.82) is 5.26 Å². The zero-order valence-electron chi connectivity index (χ0n) is 13.2. The maximum Gasteiger partial charge on any atom is 0.110 e. The van der Waals surface area contributed by atoms with Crippen molar-refractivity contribution in [3.05, 3.63) is 38.5 Å². The van der Waals surface area contributed by atoms with Gasteiger partial charge in [-0.05, 0) is 67.3 Å². The first-order valence-corrected chi connectivity index (χ1v) is 8.68. The first-order chi connectivity index (χ1) is 10.3. The summed E-state index contributed by atoms with van der Waals surface area (Å²) in [7, 11) is 0. The molecule has 0 saturated heterocycles. The highest BCUT2D eigenvalue weighted by Gasteiger charge is 2.32. The molecule has 1 aliphatic heterocycles. The second-order valence-electron chi connectivity index (χ2n) is 6.77. The van der Waals surface area contributed by atoms with Crippen molar-refractivity contribution in [2.75, 3.05) is 5.32 Å². The number of nitriles is 1. The van der Waals surface area contributed by atoms with E-state index in [1.807, 2.05) is 11.4 Å². The number of hydrogen-bond acceptors (Lipinski definition) is 3. The number of hydrogen-bond donors (Lipinski definition) is 1. The predicted molar refractivity (Wildman–Crippen MR) is 95.0 cm³/mol. The van der Waals surface area contributed by atoms with Gasteiger partial charge in [-0.2, -0.15) is 5.26 Å². The molecule has 0 bridgehead atoms. The topological polar surface area (TPSA) is 35.8 Å². The van der Waals surface area contributed by atoms with Gasteiger partial charge in [0.05, 0.1) is 5.02 Å². The third-order valence-corrected chi connectivity index (χ3v) is 5.53. The average Bonchev–Trinajstić information content (AvgIpc) is 2.89. The lowest BCUT2D eigenvalue weighted by Crippen LogP contribution is -2.37. The van der Waals surface area contributed by atoms with Crippen LogP contribution in [0.2, 0.25) is 5.02 Å². The van der Waals surface area contributed by atoms with Crippen LogP contribution in [0.4, 0.5) is 5.69 Å². The summed E-state index contributed by atoms with van der Waals surface area (Å²) in [5, 5.41) is 15.5.